The monoisotopic (exact) mass is 409 g/mol. The molecule has 0 radical (unpaired) electrons. The molecule has 2 aromatic heterocycles. The van der Waals surface area contributed by atoms with Crippen LogP contribution < -0.4 is 9.30 Å². The normalized spacial score (nSPS) is 11.0. The first-order chi connectivity index (χ1) is 15.2. The molecule has 0 saturated carbocycles. The molecule has 0 spiro atoms. The lowest BCUT2D eigenvalue weighted by atomic mass is 10.1. The Morgan fingerprint density at radius 1 is 1.00 bits per heavy atom. The Bertz CT molecular complexity index is 1310. The zero-order chi connectivity index (χ0) is 21.2. The number of methoxy groups -OCH3 is 1. The van der Waals surface area contributed by atoms with Crippen molar-refractivity contribution in [3.05, 3.63) is 103 Å². The minimum atomic E-state index is 0.0469. The summed E-state index contributed by atoms with van der Waals surface area (Å²) in [5.41, 5.74) is 3.58. The molecule has 5 rings (SSSR count). The van der Waals surface area contributed by atoms with Gasteiger partial charge in [0.15, 0.2) is 6.54 Å². The van der Waals surface area contributed by atoms with Crippen molar-refractivity contribution in [2.75, 3.05) is 7.11 Å². The second-order valence-electron chi connectivity index (χ2n) is 7.34. The van der Waals surface area contributed by atoms with Crippen LogP contribution in [0.15, 0.2) is 102 Å². The number of ether oxygens (including phenoxy) is 1. The zero-order valence-electron chi connectivity index (χ0n) is 17.1. The predicted molar refractivity (Wildman–Crippen MR) is 118 cm³/mol. The Kier molecular flexibility index (Phi) is 4.84. The topological polar surface area (TPSA) is 48.2 Å². The van der Waals surface area contributed by atoms with E-state index in [2.05, 4.69) is 6.07 Å². The molecule has 0 unspecified atom stereocenters. The van der Waals surface area contributed by atoms with Gasteiger partial charge in [-0.2, -0.15) is 0 Å². The lowest BCUT2D eigenvalue weighted by Crippen LogP contribution is -2.35. The molecule has 0 saturated heterocycles. The van der Waals surface area contributed by atoms with Gasteiger partial charge < -0.3 is 9.15 Å². The van der Waals surface area contributed by atoms with E-state index in [0.717, 1.165) is 33.7 Å². The van der Waals surface area contributed by atoms with Crippen molar-refractivity contribution in [2.24, 2.45) is 0 Å². The van der Waals surface area contributed by atoms with Gasteiger partial charge in [-0.3, -0.25) is 4.79 Å². The highest BCUT2D eigenvalue weighted by molar-refractivity contribution is 5.95. The second-order valence-corrected chi connectivity index (χ2v) is 7.34. The lowest BCUT2D eigenvalue weighted by molar-refractivity contribution is -0.682. The van der Waals surface area contributed by atoms with Crippen molar-refractivity contribution in [3.63, 3.8) is 0 Å². The van der Waals surface area contributed by atoms with Crippen molar-refractivity contribution in [1.29, 1.82) is 0 Å². The number of para-hydroxylation sites is 1. The Labute approximate surface area is 179 Å². The number of Topliss-reactive ketones (excluding diaryl/α,β-unsaturated/α-hetero) is 1. The minimum absolute atomic E-state index is 0.0469. The van der Waals surface area contributed by atoms with Gasteiger partial charge in [0.05, 0.1) is 7.11 Å². The van der Waals surface area contributed by atoms with Crippen LogP contribution in [0.3, 0.4) is 0 Å². The van der Waals surface area contributed by atoms with Crippen LogP contribution in [0.1, 0.15) is 10.4 Å². The van der Waals surface area contributed by atoms with E-state index in [1.165, 1.54) is 0 Å². The van der Waals surface area contributed by atoms with Crippen LogP contribution in [0.5, 0.6) is 5.75 Å². The van der Waals surface area contributed by atoms with Crippen molar-refractivity contribution >= 4 is 16.8 Å². The van der Waals surface area contributed by atoms with Gasteiger partial charge in [-0.05, 0) is 60.7 Å². The number of imidazole rings is 1. The van der Waals surface area contributed by atoms with Crippen LogP contribution in [-0.4, -0.2) is 17.5 Å². The van der Waals surface area contributed by atoms with E-state index >= 15 is 0 Å². The summed E-state index contributed by atoms with van der Waals surface area (Å²) in [5, 5.41) is 1.09. The first kappa shape index (κ1) is 18.9. The van der Waals surface area contributed by atoms with Gasteiger partial charge in [0.2, 0.25) is 12.1 Å². The average molecular weight is 409 g/mol. The first-order valence-corrected chi connectivity index (χ1v) is 10.0. The van der Waals surface area contributed by atoms with Gasteiger partial charge in [-0.25, -0.2) is 9.13 Å². The first-order valence-electron chi connectivity index (χ1n) is 10.0. The minimum Gasteiger partial charge on any atom is -0.497 e. The van der Waals surface area contributed by atoms with E-state index in [1.54, 1.807) is 31.4 Å². The maximum absolute atomic E-state index is 12.6. The summed E-state index contributed by atoms with van der Waals surface area (Å²) in [6, 6.07) is 25.4. The number of ketones is 1. The maximum atomic E-state index is 12.6. The molecule has 31 heavy (non-hydrogen) atoms. The van der Waals surface area contributed by atoms with Gasteiger partial charge >= 0.3 is 0 Å². The lowest BCUT2D eigenvalue weighted by Gasteiger charge is -2.01. The van der Waals surface area contributed by atoms with Crippen LogP contribution in [0.25, 0.3) is 28.0 Å². The van der Waals surface area contributed by atoms with Gasteiger partial charge in [-0.1, -0.05) is 18.2 Å². The Morgan fingerprint density at radius 2 is 1.77 bits per heavy atom. The average Bonchev–Trinajstić information content (AvgIpc) is 3.46. The van der Waals surface area contributed by atoms with E-state index in [0.29, 0.717) is 5.56 Å². The van der Waals surface area contributed by atoms with Gasteiger partial charge in [0.1, 0.15) is 35.2 Å². The predicted octanol–water partition coefficient (Wildman–Crippen LogP) is 5.07. The smallest absolute Gasteiger partial charge is 0.249 e. The third kappa shape index (κ3) is 3.85. The summed E-state index contributed by atoms with van der Waals surface area (Å²) in [7, 11) is 1.61. The van der Waals surface area contributed by atoms with E-state index < -0.39 is 0 Å². The molecular formula is C26H21N2O3+. The molecule has 0 N–H and O–H groups in total. The summed E-state index contributed by atoms with van der Waals surface area (Å²) < 4.78 is 15.0. The van der Waals surface area contributed by atoms with Crippen LogP contribution in [0.4, 0.5) is 0 Å². The number of aromatic nitrogens is 2. The highest BCUT2D eigenvalue weighted by Crippen LogP contribution is 2.28. The third-order valence-electron chi connectivity index (χ3n) is 5.31. The van der Waals surface area contributed by atoms with Crippen LogP contribution >= 0.6 is 0 Å². The Hall–Kier alpha value is -4.12. The van der Waals surface area contributed by atoms with Crippen molar-refractivity contribution < 1.29 is 18.5 Å². The molecule has 0 amide bonds. The number of carbonyl (C=O) groups excluding carboxylic acids is 1. The number of benzene rings is 3. The molecule has 5 heteroatoms. The van der Waals surface area contributed by atoms with Crippen molar-refractivity contribution in [2.45, 2.75) is 6.54 Å². The van der Waals surface area contributed by atoms with Gasteiger partial charge in [0, 0.05) is 16.5 Å². The largest absolute Gasteiger partial charge is 0.497 e. The highest BCUT2D eigenvalue weighted by atomic mass is 16.5. The Balaban J connectivity index is 1.31. The third-order valence-corrected chi connectivity index (χ3v) is 5.31. The maximum Gasteiger partial charge on any atom is 0.249 e. The zero-order valence-corrected chi connectivity index (χ0v) is 17.1. The molecule has 0 bridgehead atoms. The quantitative estimate of drug-likeness (QED) is 0.291. The van der Waals surface area contributed by atoms with E-state index in [1.807, 2.05) is 76.4 Å². The highest BCUT2D eigenvalue weighted by Gasteiger charge is 2.13. The van der Waals surface area contributed by atoms with Crippen LogP contribution in [0.2, 0.25) is 0 Å². The summed E-state index contributed by atoms with van der Waals surface area (Å²) >= 11 is 0. The fourth-order valence-corrected chi connectivity index (χ4v) is 3.60. The van der Waals surface area contributed by atoms with Crippen LogP contribution in [0, 0.1) is 0 Å². The molecule has 5 aromatic rings. The molecule has 152 valence electrons. The fourth-order valence-electron chi connectivity index (χ4n) is 3.60. The number of nitrogens with zero attached hydrogens (tertiary/aromatic N) is 2. The van der Waals surface area contributed by atoms with Gasteiger partial charge in [-0.15, -0.1) is 0 Å². The van der Waals surface area contributed by atoms with Crippen molar-refractivity contribution in [1.82, 2.24) is 4.57 Å². The number of hydrogen-bond acceptors (Lipinski definition) is 3. The van der Waals surface area contributed by atoms with E-state index in [4.69, 9.17) is 9.15 Å². The molecule has 5 nitrogen and oxygen atoms in total. The summed E-state index contributed by atoms with van der Waals surface area (Å²) in [5.74, 6) is 1.63. The second kappa shape index (κ2) is 7.95. The van der Waals surface area contributed by atoms with Crippen molar-refractivity contribution in [3.8, 4) is 22.8 Å². The molecule has 0 aliphatic heterocycles. The molecule has 0 atom stereocenters. The molecule has 3 aromatic carbocycles. The fraction of sp³-hybridized carbons (Fsp3) is 0.0769. The summed E-state index contributed by atoms with van der Waals surface area (Å²) in [6.45, 7) is 0.274. The SMILES string of the molecule is COc1ccc(C(=O)C[n+]2ccn(-c3ccc(-c4cc5ccccc5o4)cc3)c2)cc1. The summed E-state index contributed by atoms with van der Waals surface area (Å²) in [6.07, 6.45) is 5.75. The molecular weight excluding hydrogens is 388 g/mol. The van der Waals surface area contributed by atoms with E-state index in [-0.39, 0.29) is 12.3 Å². The standard InChI is InChI=1S/C26H21N2O3/c1-30-23-12-8-19(9-13-23)24(29)17-27-14-15-28(18-27)22-10-6-20(7-11-22)26-16-21-4-2-3-5-25(21)31-26/h2-16,18H,17H2,1H3/q+1. The molecule has 0 aliphatic rings. The molecule has 0 fully saturated rings. The number of furan rings is 1. The van der Waals surface area contributed by atoms with E-state index in [9.17, 15) is 4.79 Å². The van der Waals surface area contributed by atoms with Crippen LogP contribution in [-0.2, 0) is 6.54 Å². The number of carbonyl (C=O) groups is 1. The Morgan fingerprint density at radius 3 is 2.52 bits per heavy atom. The van der Waals surface area contributed by atoms with Gasteiger partial charge in [0.25, 0.3) is 0 Å². The number of rotatable bonds is 6. The number of fused-ring (bicyclic) bond motifs is 1. The molecule has 2 heterocycles. The summed E-state index contributed by atoms with van der Waals surface area (Å²) in [4.78, 5) is 12.6. The number of hydrogen-bond donors (Lipinski definition) is 0. The molecule has 0 aliphatic carbocycles.